The summed E-state index contributed by atoms with van der Waals surface area (Å²) in [7, 11) is 0. The number of aromatic nitrogens is 3. The van der Waals surface area contributed by atoms with Crippen molar-refractivity contribution in [1.82, 2.24) is 14.5 Å². The van der Waals surface area contributed by atoms with Gasteiger partial charge in [-0.2, -0.15) is 0 Å². The highest BCUT2D eigenvalue weighted by Gasteiger charge is 2.04. The maximum absolute atomic E-state index is 4.46. The van der Waals surface area contributed by atoms with Crippen LogP contribution in [0, 0.1) is 13.8 Å². The SMILES string of the molecule is C=CCn1cc(C)nc1NCc1cnccc1C. The lowest BCUT2D eigenvalue weighted by Crippen LogP contribution is -2.07. The van der Waals surface area contributed by atoms with Gasteiger partial charge >= 0.3 is 0 Å². The maximum atomic E-state index is 4.46. The number of nitrogens with zero attached hydrogens (tertiary/aromatic N) is 3. The molecule has 0 radical (unpaired) electrons. The van der Waals surface area contributed by atoms with Gasteiger partial charge in [0.2, 0.25) is 5.95 Å². The van der Waals surface area contributed by atoms with Crippen molar-refractivity contribution in [2.45, 2.75) is 26.9 Å². The fourth-order valence-electron chi connectivity index (χ4n) is 1.82. The zero-order valence-corrected chi connectivity index (χ0v) is 10.8. The van der Waals surface area contributed by atoms with Crippen LogP contribution in [0.1, 0.15) is 16.8 Å². The quantitative estimate of drug-likeness (QED) is 0.820. The van der Waals surface area contributed by atoms with Crippen LogP contribution in [0.4, 0.5) is 5.95 Å². The number of hydrogen-bond donors (Lipinski definition) is 1. The van der Waals surface area contributed by atoms with Gasteiger partial charge in [-0.05, 0) is 31.0 Å². The van der Waals surface area contributed by atoms with E-state index in [4.69, 9.17) is 0 Å². The lowest BCUT2D eigenvalue weighted by Gasteiger charge is -2.09. The van der Waals surface area contributed by atoms with Crippen molar-refractivity contribution in [3.05, 3.63) is 54.1 Å². The van der Waals surface area contributed by atoms with Crippen LogP contribution in [0.2, 0.25) is 0 Å². The average Bonchev–Trinajstić information content (AvgIpc) is 2.69. The summed E-state index contributed by atoms with van der Waals surface area (Å²) in [5.41, 5.74) is 3.42. The van der Waals surface area contributed by atoms with E-state index in [1.807, 2.05) is 42.2 Å². The van der Waals surface area contributed by atoms with Crippen molar-refractivity contribution in [1.29, 1.82) is 0 Å². The van der Waals surface area contributed by atoms with Crippen LogP contribution in [0.25, 0.3) is 0 Å². The molecule has 0 saturated heterocycles. The Bertz CT molecular complexity index is 542. The molecule has 0 aliphatic rings. The van der Waals surface area contributed by atoms with Gasteiger partial charge in [0.05, 0.1) is 5.69 Å². The van der Waals surface area contributed by atoms with Crippen LogP contribution in [-0.2, 0) is 13.1 Å². The van der Waals surface area contributed by atoms with Crippen LogP contribution in [0.15, 0.2) is 37.3 Å². The summed E-state index contributed by atoms with van der Waals surface area (Å²) in [4.78, 5) is 8.60. The first-order valence-electron chi connectivity index (χ1n) is 5.98. The van der Waals surface area contributed by atoms with Gasteiger partial charge in [-0.3, -0.25) is 4.98 Å². The predicted octanol–water partition coefficient (Wildman–Crippen LogP) is 2.69. The van der Waals surface area contributed by atoms with Crippen molar-refractivity contribution < 1.29 is 0 Å². The van der Waals surface area contributed by atoms with E-state index in [1.54, 1.807) is 0 Å². The van der Waals surface area contributed by atoms with Gasteiger partial charge < -0.3 is 9.88 Å². The molecule has 2 aromatic heterocycles. The van der Waals surface area contributed by atoms with E-state index in [9.17, 15) is 0 Å². The van der Waals surface area contributed by atoms with Crippen molar-refractivity contribution >= 4 is 5.95 Å². The summed E-state index contributed by atoms with van der Waals surface area (Å²) in [5, 5.41) is 3.34. The zero-order valence-electron chi connectivity index (χ0n) is 10.8. The van der Waals surface area contributed by atoms with Gasteiger partial charge in [-0.1, -0.05) is 6.08 Å². The molecule has 0 atom stereocenters. The van der Waals surface area contributed by atoms with Gasteiger partial charge in [0, 0.05) is 31.7 Å². The molecule has 0 amide bonds. The minimum atomic E-state index is 0.729. The van der Waals surface area contributed by atoms with E-state index in [0.717, 1.165) is 24.7 Å². The van der Waals surface area contributed by atoms with E-state index < -0.39 is 0 Å². The van der Waals surface area contributed by atoms with E-state index in [0.29, 0.717) is 0 Å². The Hall–Kier alpha value is -2.10. The molecule has 0 fully saturated rings. The minimum absolute atomic E-state index is 0.729. The molecule has 0 bridgehead atoms. The molecule has 4 nitrogen and oxygen atoms in total. The highest BCUT2D eigenvalue weighted by molar-refractivity contribution is 5.32. The third-order valence-electron chi connectivity index (χ3n) is 2.81. The zero-order chi connectivity index (χ0) is 13.0. The molecule has 2 aromatic rings. The largest absolute Gasteiger partial charge is 0.351 e. The molecule has 1 N–H and O–H groups in total. The monoisotopic (exact) mass is 242 g/mol. The number of imidazole rings is 1. The Balaban J connectivity index is 2.10. The van der Waals surface area contributed by atoms with Crippen molar-refractivity contribution in [2.24, 2.45) is 0 Å². The third kappa shape index (κ3) is 2.77. The van der Waals surface area contributed by atoms with Crippen LogP contribution < -0.4 is 5.32 Å². The van der Waals surface area contributed by atoms with Crippen molar-refractivity contribution in [2.75, 3.05) is 5.32 Å². The number of anilines is 1. The van der Waals surface area contributed by atoms with Gasteiger partial charge in [0.15, 0.2) is 0 Å². The molecule has 0 spiro atoms. The lowest BCUT2D eigenvalue weighted by molar-refractivity contribution is 0.818. The van der Waals surface area contributed by atoms with Gasteiger partial charge in [0.1, 0.15) is 0 Å². The van der Waals surface area contributed by atoms with Crippen LogP contribution in [-0.4, -0.2) is 14.5 Å². The molecule has 4 heteroatoms. The fraction of sp³-hybridized carbons (Fsp3) is 0.286. The molecule has 2 rings (SSSR count). The minimum Gasteiger partial charge on any atom is -0.351 e. The van der Waals surface area contributed by atoms with Gasteiger partial charge in [0.25, 0.3) is 0 Å². The lowest BCUT2D eigenvalue weighted by atomic mass is 10.2. The molecule has 94 valence electrons. The number of rotatable bonds is 5. The van der Waals surface area contributed by atoms with Gasteiger partial charge in [-0.15, -0.1) is 6.58 Å². The standard InChI is InChI=1S/C14H18N4/c1-4-7-18-10-12(3)17-14(18)16-9-13-8-15-6-5-11(13)2/h4-6,8,10H,1,7,9H2,2-3H3,(H,16,17). The molecule has 18 heavy (non-hydrogen) atoms. The summed E-state index contributed by atoms with van der Waals surface area (Å²) in [6.07, 6.45) is 7.57. The Morgan fingerprint density at radius 3 is 3.00 bits per heavy atom. The number of pyridine rings is 1. The molecule has 0 aliphatic heterocycles. The second-order valence-corrected chi connectivity index (χ2v) is 4.30. The second kappa shape index (κ2) is 5.49. The smallest absolute Gasteiger partial charge is 0.203 e. The molecule has 0 saturated carbocycles. The van der Waals surface area contributed by atoms with Gasteiger partial charge in [-0.25, -0.2) is 4.98 Å². The molecular formula is C14H18N4. The van der Waals surface area contributed by atoms with E-state index >= 15 is 0 Å². The first kappa shape index (κ1) is 12.4. The highest BCUT2D eigenvalue weighted by atomic mass is 15.2. The summed E-state index contributed by atoms with van der Waals surface area (Å²) in [6.45, 7) is 9.31. The maximum Gasteiger partial charge on any atom is 0.203 e. The molecular weight excluding hydrogens is 224 g/mol. The number of nitrogens with one attached hydrogen (secondary N) is 1. The fourth-order valence-corrected chi connectivity index (χ4v) is 1.82. The van der Waals surface area contributed by atoms with Crippen molar-refractivity contribution in [3.8, 4) is 0 Å². The summed E-state index contributed by atoms with van der Waals surface area (Å²) >= 11 is 0. The highest BCUT2D eigenvalue weighted by Crippen LogP contribution is 2.12. The number of hydrogen-bond acceptors (Lipinski definition) is 3. The first-order chi connectivity index (χ1) is 8.70. The first-order valence-corrected chi connectivity index (χ1v) is 5.98. The Morgan fingerprint density at radius 1 is 1.44 bits per heavy atom. The van der Waals surface area contributed by atoms with E-state index in [2.05, 4.69) is 28.8 Å². The van der Waals surface area contributed by atoms with E-state index in [-0.39, 0.29) is 0 Å². The number of allylic oxidation sites excluding steroid dienone is 1. The molecule has 0 aliphatic carbocycles. The van der Waals surface area contributed by atoms with Crippen LogP contribution in [0.3, 0.4) is 0 Å². The molecule has 2 heterocycles. The Labute approximate surface area is 107 Å². The third-order valence-corrected chi connectivity index (χ3v) is 2.81. The molecule has 0 aromatic carbocycles. The topological polar surface area (TPSA) is 42.7 Å². The Morgan fingerprint density at radius 2 is 2.28 bits per heavy atom. The van der Waals surface area contributed by atoms with Crippen LogP contribution >= 0.6 is 0 Å². The van der Waals surface area contributed by atoms with Crippen molar-refractivity contribution in [3.63, 3.8) is 0 Å². The Kier molecular flexibility index (Phi) is 3.77. The summed E-state index contributed by atoms with van der Waals surface area (Å²) in [6, 6.07) is 2.01. The summed E-state index contributed by atoms with van der Waals surface area (Å²) in [5.74, 6) is 0.871. The average molecular weight is 242 g/mol. The predicted molar refractivity (Wildman–Crippen MR) is 73.5 cm³/mol. The number of aryl methyl sites for hydroxylation is 2. The van der Waals surface area contributed by atoms with Crippen LogP contribution in [0.5, 0.6) is 0 Å². The second-order valence-electron chi connectivity index (χ2n) is 4.30. The van der Waals surface area contributed by atoms with E-state index in [1.165, 1.54) is 11.1 Å². The normalized spacial score (nSPS) is 10.3. The molecule has 0 unspecified atom stereocenters. The summed E-state index contributed by atoms with van der Waals surface area (Å²) < 4.78 is 2.05.